The van der Waals surface area contributed by atoms with Crippen LogP contribution in [0, 0.1) is 10.1 Å². The maximum absolute atomic E-state index is 11.3. The van der Waals surface area contributed by atoms with Crippen LogP contribution < -0.4 is 14.9 Å². The summed E-state index contributed by atoms with van der Waals surface area (Å²) in [7, 11) is 1.43. The minimum absolute atomic E-state index is 0.373. The zero-order chi connectivity index (χ0) is 17.9. The third kappa shape index (κ3) is 3.17. The highest BCUT2D eigenvalue weighted by atomic mass is 16.6. The fourth-order valence-electron chi connectivity index (χ4n) is 2.35. The maximum atomic E-state index is 11.3. The number of aliphatic carboxylic acids is 2. The first kappa shape index (κ1) is 16.9. The number of carbonyl (C=O) groups is 2. The van der Waals surface area contributed by atoms with Crippen LogP contribution in [0.1, 0.15) is 11.5 Å². The van der Waals surface area contributed by atoms with Gasteiger partial charge in [-0.05, 0) is 11.6 Å². The van der Waals surface area contributed by atoms with Crippen LogP contribution in [0.15, 0.2) is 42.5 Å². The van der Waals surface area contributed by atoms with Crippen LogP contribution in [0.4, 0.5) is 5.69 Å². The van der Waals surface area contributed by atoms with Gasteiger partial charge in [0, 0.05) is 17.2 Å². The summed E-state index contributed by atoms with van der Waals surface area (Å²) in [5, 5.41) is 33.3. The standard InChI is InChI=1S/C16H13NO7/c1-24-13-5-3-2-4-10(13)9-6-7-11(12(8-9)17(22)23)14(15(18)19)16(20)21/h2-8,14H,1H3,(H,18,19)(H,20,21)/p-2. The van der Waals surface area contributed by atoms with Crippen molar-refractivity contribution in [1.29, 1.82) is 0 Å². The first-order valence-corrected chi connectivity index (χ1v) is 6.70. The summed E-state index contributed by atoms with van der Waals surface area (Å²) < 4.78 is 5.18. The van der Waals surface area contributed by atoms with Crippen molar-refractivity contribution in [3.63, 3.8) is 0 Å². The number of methoxy groups -OCH3 is 1. The van der Waals surface area contributed by atoms with E-state index in [0.29, 0.717) is 16.9 Å². The lowest BCUT2D eigenvalue weighted by Gasteiger charge is -2.19. The van der Waals surface area contributed by atoms with Gasteiger partial charge in [0.2, 0.25) is 0 Å². The number of nitro benzene ring substituents is 1. The van der Waals surface area contributed by atoms with E-state index in [-0.39, 0.29) is 0 Å². The first-order chi connectivity index (χ1) is 11.4. The molecule has 0 heterocycles. The molecule has 2 rings (SSSR count). The Balaban J connectivity index is 2.65. The molecule has 124 valence electrons. The van der Waals surface area contributed by atoms with Gasteiger partial charge in [-0.25, -0.2) is 0 Å². The number of nitro groups is 1. The molecule has 0 saturated carbocycles. The number of carboxylic acid groups (broad SMARTS) is 2. The van der Waals surface area contributed by atoms with Crippen LogP contribution in [-0.2, 0) is 9.59 Å². The minimum atomic E-state index is -2.24. The molecule has 0 N–H and O–H groups in total. The summed E-state index contributed by atoms with van der Waals surface area (Å²) >= 11 is 0. The highest BCUT2D eigenvalue weighted by Gasteiger charge is 2.25. The number of hydrogen-bond acceptors (Lipinski definition) is 7. The van der Waals surface area contributed by atoms with Crippen molar-refractivity contribution >= 4 is 17.6 Å². The van der Waals surface area contributed by atoms with E-state index in [1.165, 1.54) is 13.2 Å². The van der Waals surface area contributed by atoms with Gasteiger partial charge in [0.25, 0.3) is 5.69 Å². The quantitative estimate of drug-likeness (QED) is 0.409. The van der Waals surface area contributed by atoms with Gasteiger partial charge in [-0.3, -0.25) is 10.1 Å². The lowest BCUT2D eigenvalue weighted by Crippen LogP contribution is -2.41. The van der Waals surface area contributed by atoms with Crippen molar-refractivity contribution in [3.8, 4) is 16.9 Å². The van der Waals surface area contributed by atoms with Gasteiger partial charge in [-0.2, -0.15) is 0 Å². The monoisotopic (exact) mass is 329 g/mol. The molecule has 24 heavy (non-hydrogen) atoms. The predicted molar refractivity (Wildman–Crippen MR) is 77.8 cm³/mol. The van der Waals surface area contributed by atoms with Crippen molar-refractivity contribution < 1.29 is 29.5 Å². The Kier molecular flexibility index (Phi) is 4.78. The molecule has 0 unspecified atom stereocenters. The van der Waals surface area contributed by atoms with E-state index in [2.05, 4.69) is 0 Å². The Bertz CT molecular complexity index is 802. The smallest absolute Gasteiger partial charge is 0.274 e. The number of nitrogens with zero attached hydrogens (tertiary/aromatic N) is 1. The average Bonchev–Trinajstić information content (AvgIpc) is 2.54. The first-order valence-electron chi connectivity index (χ1n) is 6.70. The predicted octanol–water partition coefficient (Wildman–Crippen LogP) is -0.146. The number of carbonyl (C=O) groups excluding carboxylic acids is 2. The number of hydrogen-bond donors (Lipinski definition) is 0. The molecule has 2 aromatic carbocycles. The van der Waals surface area contributed by atoms with Crippen LogP contribution in [-0.4, -0.2) is 24.0 Å². The van der Waals surface area contributed by atoms with Crippen molar-refractivity contribution in [2.75, 3.05) is 7.11 Å². The highest BCUT2D eigenvalue weighted by Crippen LogP contribution is 2.35. The second kappa shape index (κ2) is 6.78. The zero-order valence-electron chi connectivity index (χ0n) is 12.4. The van der Waals surface area contributed by atoms with Crippen LogP contribution in [0.2, 0.25) is 0 Å². The molecule has 0 aliphatic carbocycles. The number of para-hydroxylation sites is 1. The van der Waals surface area contributed by atoms with Crippen LogP contribution in [0.5, 0.6) is 5.75 Å². The lowest BCUT2D eigenvalue weighted by atomic mass is 9.94. The number of carboxylic acids is 2. The van der Waals surface area contributed by atoms with Gasteiger partial charge in [0.1, 0.15) is 5.75 Å². The largest absolute Gasteiger partial charge is 0.549 e. The number of ether oxygens (including phenoxy) is 1. The van der Waals surface area contributed by atoms with Crippen LogP contribution in [0.25, 0.3) is 11.1 Å². The zero-order valence-corrected chi connectivity index (χ0v) is 12.4. The van der Waals surface area contributed by atoms with Gasteiger partial charge in [0.05, 0.1) is 29.9 Å². The molecule has 0 bridgehead atoms. The minimum Gasteiger partial charge on any atom is -0.549 e. The normalized spacial score (nSPS) is 10.4. The molecule has 0 aliphatic rings. The summed E-state index contributed by atoms with van der Waals surface area (Å²) in [4.78, 5) is 32.4. The summed E-state index contributed by atoms with van der Waals surface area (Å²) in [6, 6.07) is 10.3. The second-order valence-corrected chi connectivity index (χ2v) is 4.80. The third-order valence-corrected chi connectivity index (χ3v) is 3.43. The van der Waals surface area contributed by atoms with Crippen molar-refractivity contribution in [2.45, 2.75) is 5.92 Å². The Morgan fingerprint density at radius 2 is 1.71 bits per heavy atom. The molecule has 0 radical (unpaired) electrons. The molecule has 0 saturated heterocycles. The van der Waals surface area contributed by atoms with E-state index < -0.39 is 34.0 Å². The van der Waals surface area contributed by atoms with Gasteiger partial charge in [0.15, 0.2) is 0 Å². The molecule has 8 nitrogen and oxygen atoms in total. The topological polar surface area (TPSA) is 133 Å². The van der Waals surface area contributed by atoms with Gasteiger partial charge in [-0.1, -0.05) is 30.3 Å². The van der Waals surface area contributed by atoms with E-state index in [0.717, 1.165) is 12.1 Å². The molecule has 2 aromatic rings. The Morgan fingerprint density at radius 1 is 1.08 bits per heavy atom. The molecule has 8 heteroatoms. The van der Waals surface area contributed by atoms with Crippen molar-refractivity contribution in [2.24, 2.45) is 0 Å². The fraction of sp³-hybridized carbons (Fsp3) is 0.125. The average molecular weight is 329 g/mol. The van der Waals surface area contributed by atoms with Crippen LogP contribution in [0.3, 0.4) is 0 Å². The molecule has 0 aromatic heterocycles. The Labute approximate surface area is 136 Å². The molecule has 0 atom stereocenters. The third-order valence-electron chi connectivity index (χ3n) is 3.43. The highest BCUT2D eigenvalue weighted by molar-refractivity contribution is 5.98. The Hall–Kier alpha value is -3.42. The molecule has 0 spiro atoms. The van der Waals surface area contributed by atoms with E-state index in [4.69, 9.17) is 4.74 Å². The molecule has 0 amide bonds. The molecule has 0 aliphatic heterocycles. The van der Waals surface area contributed by atoms with Crippen LogP contribution >= 0.6 is 0 Å². The second-order valence-electron chi connectivity index (χ2n) is 4.80. The van der Waals surface area contributed by atoms with Crippen molar-refractivity contribution in [3.05, 3.63) is 58.1 Å². The van der Waals surface area contributed by atoms with E-state index in [1.807, 2.05) is 0 Å². The summed E-state index contributed by atoms with van der Waals surface area (Å²) in [5.41, 5.74) is -0.262. The molecular weight excluding hydrogens is 318 g/mol. The maximum Gasteiger partial charge on any atom is 0.274 e. The Morgan fingerprint density at radius 3 is 2.25 bits per heavy atom. The van der Waals surface area contributed by atoms with E-state index in [1.54, 1.807) is 24.3 Å². The van der Waals surface area contributed by atoms with E-state index in [9.17, 15) is 29.9 Å². The fourth-order valence-corrected chi connectivity index (χ4v) is 2.35. The van der Waals surface area contributed by atoms with Gasteiger partial charge < -0.3 is 24.5 Å². The SMILES string of the molecule is COc1ccccc1-c1ccc(C(C(=O)[O-])C(=O)[O-])c([N+](=O)[O-])c1. The van der Waals surface area contributed by atoms with Gasteiger partial charge >= 0.3 is 0 Å². The summed E-state index contributed by atoms with van der Waals surface area (Å²) in [5.74, 6) is -5.75. The van der Waals surface area contributed by atoms with Crippen molar-refractivity contribution in [1.82, 2.24) is 0 Å². The van der Waals surface area contributed by atoms with E-state index >= 15 is 0 Å². The number of benzene rings is 2. The summed E-state index contributed by atoms with van der Waals surface area (Å²) in [6.07, 6.45) is 0. The number of rotatable bonds is 6. The summed E-state index contributed by atoms with van der Waals surface area (Å²) in [6.45, 7) is 0. The lowest BCUT2D eigenvalue weighted by molar-refractivity contribution is -0.386. The molecule has 0 fully saturated rings. The van der Waals surface area contributed by atoms with Gasteiger partial charge in [-0.15, -0.1) is 0 Å². The molecular formula is C16H11NO7-2.